The molecular formula is C11H16FNO2. The van der Waals surface area contributed by atoms with Gasteiger partial charge < -0.3 is 15.2 Å². The standard InChI is InChI=1S/C11H16FNO2/c1-13-6-5-11(15-2)8-3-4-9(12)10(14)7-8/h3-4,7,11,13-14H,5-6H2,1-2H3. The van der Waals surface area contributed by atoms with Gasteiger partial charge in [0.1, 0.15) is 0 Å². The molecule has 1 aromatic rings. The molecule has 0 aliphatic carbocycles. The van der Waals surface area contributed by atoms with E-state index >= 15 is 0 Å². The molecule has 0 amide bonds. The minimum Gasteiger partial charge on any atom is -0.505 e. The van der Waals surface area contributed by atoms with E-state index in [0.717, 1.165) is 18.5 Å². The van der Waals surface area contributed by atoms with Crippen molar-refractivity contribution in [3.63, 3.8) is 0 Å². The van der Waals surface area contributed by atoms with Crippen LogP contribution in [-0.4, -0.2) is 25.8 Å². The molecule has 0 fully saturated rings. The molecule has 0 heterocycles. The number of halogens is 1. The fourth-order valence-corrected chi connectivity index (χ4v) is 1.43. The largest absolute Gasteiger partial charge is 0.505 e. The Labute approximate surface area is 88.9 Å². The second kappa shape index (κ2) is 5.68. The van der Waals surface area contributed by atoms with Crippen molar-refractivity contribution < 1.29 is 14.2 Å². The van der Waals surface area contributed by atoms with E-state index in [1.165, 1.54) is 12.1 Å². The van der Waals surface area contributed by atoms with Gasteiger partial charge in [-0.05, 0) is 37.7 Å². The molecule has 0 radical (unpaired) electrons. The zero-order valence-corrected chi connectivity index (χ0v) is 8.96. The van der Waals surface area contributed by atoms with Crippen molar-refractivity contribution in [3.05, 3.63) is 29.6 Å². The molecule has 0 aromatic heterocycles. The van der Waals surface area contributed by atoms with E-state index in [1.807, 2.05) is 7.05 Å². The van der Waals surface area contributed by atoms with Crippen molar-refractivity contribution in [2.24, 2.45) is 0 Å². The van der Waals surface area contributed by atoms with Gasteiger partial charge in [-0.1, -0.05) is 6.07 Å². The zero-order chi connectivity index (χ0) is 11.3. The van der Waals surface area contributed by atoms with Gasteiger partial charge >= 0.3 is 0 Å². The number of ether oxygens (including phenoxy) is 1. The molecule has 1 rings (SSSR count). The molecule has 84 valence electrons. The molecule has 0 saturated heterocycles. The quantitative estimate of drug-likeness (QED) is 0.784. The first-order chi connectivity index (χ1) is 7.19. The maximum atomic E-state index is 12.8. The van der Waals surface area contributed by atoms with E-state index in [-0.39, 0.29) is 11.9 Å². The van der Waals surface area contributed by atoms with Crippen molar-refractivity contribution in [3.8, 4) is 5.75 Å². The molecule has 0 aliphatic rings. The van der Waals surface area contributed by atoms with Gasteiger partial charge in [0.15, 0.2) is 11.6 Å². The fourth-order valence-electron chi connectivity index (χ4n) is 1.43. The van der Waals surface area contributed by atoms with Crippen LogP contribution in [0, 0.1) is 5.82 Å². The Bertz CT molecular complexity index is 317. The van der Waals surface area contributed by atoms with Crippen LogP contribution >= 0.6 is 0 Å². The highest BCUT2D eigenvalue weighted by atomic mass is 19.1. The number of benzene rings is 1. The topological polar surface area (TPSA) is 41.5 Å². The van der Waals surface area contributed by atoms with E-state index in [9.17, 15) is 9.50 Å². The Morgan fingerprint density at radius 3 is 2.80 bits per heavy atom. The number of nitrogens with one attached hydrogen (secondary N) is 1. The van der Waals surface area contributed by atoms with Gasteiger partial charge in [0.05, 0.1) is 6.10 Å². The minimum absolute atomic E-state index is 0.121. The predicted molar refractivity (Wildman–Crippen MR) is 56.4 cm³/mol. The number of rotatable bonds is 5. The zero-order valence-electron chi connectivity index (χ0n) is 8.96. The van der Waals surface area contributed by atoms with Crippen molar-refractivity contribution in [2.45, 2.75) is 12.5 Å². The highest BCUT2D eigenvalue weighted by Gasteiger charge is 2.11. The molecule has 1 aromatic carbocycles. The molecule has 3 nitrogen and oxygen atoms in total. The first-order valence-corrected chi connectivity index (χ1v) is 4.85. The lowest BCUT2D eigenvalue weighted by atomic mass is 10.1. The van der Waals surface area contributed by atoms with Gasteiger partial charge in [-0.3, -0.25) is 0 Å². The smallest absolute Gasteiger partial charge is 0.164 e. The van der Waals surface area contributed by atoms with Crippen LogP contribution in [0.3, 0.4) is 0 Å². The van der Waals surface area contributed by atoms with Gasteiger partial charge in [-0.25, -0.2) is 4.39 Å². The summed E-state index contributed by atoms with van der Waals surface area (Å²) in [6, 6.07) is 4.27. The highest BCUT2D eigenvalue weighted by molar-refractivity contribution is 5.30. The first kappa shape index (κ1) is 11.9. The van der Waals surface area contributed by atoms with Gasteiger partial charge in [0.2, 0.25) is 0 Å². The Morgan fingerprint density at radius 1 is 1.53 bits per heavy atom. The summed E-state index contributed by atoms with van der Waals surface area (Å²) in [4.78, 5) is 0. The number of hydrogen-bond acceptors (Lipinski definition) is 3. The van der Waals surface area contributed by atoms with Gasteiger partial charge in [0.25, 0.3) is 0 Å². The lowest BCUT2D eigenvalue weighted by Gasteiger charge is -2.15. The van der Waals surface area contributed by atoms with Gasteiger partial charge in [-0.15, -0.1) is 0 Å². The fraction of sp³-hybridized carbons (Fsp3) is 0.455. The SMILES string of the molecule is CNCCC(OC)c1ccc(F)c(O)c1. The van der Waals surface area contributed by atoms with Crippen LogP contribution in [0.1, 0.15) is 18.1 Å². The third-order valence-corrected chi connectivity index (χ3v) is 2.28. The number of methoxy groups -OCH3 is 1. The van der Waals surface area contributed by atoms with E-state index in [1.54, 1.807) is 13.2 Å². The van der Waals surface area contributed by atoms with E-state index in [4.69, 9.17) is 4.74 Å². The molecule has 1 unspecified atom stereocenters. The van der Waals surface area contributed by atoms with Crippen molar-refractivity contribution in [1.82, 2.24) is 5.32 Å². The maximum absolute atomic E-state index is 12.8. The summed E-state index contributed by atoms with van der Waals surface area (Å²) in [5.41, 5.74) is 0.784. The number of aromatic hydroxyl groups is 1. The molecule has 4 heteroatoms. The number of hydrogen-bond donors (Lipinski definition) is 2. The first-order valence-electron chi connectivity index (χ1n) is 4.85. The maximum Gasteiger partial charge on any atom is 0.164 e. The summed E-state index contributed by atoms with van der Waals surface area (Å²) in [5.74, 6) is -0.943. The Balaban J connectivity index is 2.78. The molecular weight excluding hydrogens is 197 g/mol. The molecule has 0 spiro atoms. The monoisotopic (exact) mass is 213 g/mol. The van der Waals surface area contributed by atoms with Crippen LogP contribution in [0.4, 0.5) is 4.39 Å². The van der Waals surface area contributed by atoms with E-state index in [2.05, 4.69) is 5.32 Å². The van der Waals surface area contributed by atoms with Crippen molar-refractivity contribution in [2.75, 3.05) is 20.7 Å². The van der Waals surface area contributed by atoms with Crippen LogP contribution in [0.2, 0.25) is 0 Å². The van der Waals surface area contributed by atoms with Gasteiger partial charge in [-0.2, -0.15) is 0 Å². The normalized spacial score (nSPS) is 12.7. The Morgan fingerprint density at radius 2 is 2.27 bits per heavy atom. The Kier molecular flexibility index (Phi) is 4.52. The molecule has 2 N–H and O–H groups in total. The summed E-state index contributed by atoms with van der Waals surface area (Å²) in [7, 11) is 3.45. The number of phenols is 1. The Hall–Kier alpha value is -1.13. The summed E-state index contributed by atoms with van der Waals surface area (Å²) < 4.78 is 18.1. The van der Waals surface area contributed by atoms with Crippen molar-refractivity contribution in [1.29, 1.82) is 0 Å². The molecule has 0 aliphatic heterocycles. The lowest BCUT2D eigenvalue weighted by Crippen LogP contribution is -2.13. The third kappa shape index (κ3) is 3.18. The van der Waals surface area contributed by atoms with Crippen LogP contribution in [0.15, 0.2) is 18.2 Å². The van der Waals surface area contributed by atoms with E-state index < -0.39 is 5.82 Å². The van der Waals surface area contributed by atoms with Crippen LogP contribution in [0.5, 0.6) is 5.75 Å². The third-order valence-electron chi connectivity index (χ3n) is 2.28. The van der Waals surface area contributed by atoms with Crippen LogP contribution in [-0.2, 0) is 4.74 Å². The molecule has 1 atom stereocenters. The summed E-state index contributed by atoms with van der Waals surface area (Å²) >= 11 is 0. The van der Waals surface area contributed by atoms with Crippen molar-refractivity contribution >= 4 is 0 Å². The molecule has 15 heavy (non-hydrogen) atoms. The number of phenolic OH excluding ortho intramolecular Hbond substituents is 1. The average molecular weight is 213 g/mol. The average Bonchev–Trinajstić information content (AvgIpc) is 2.24. The summed E-state index contributed by atoms with van der Waals surface area (Å²) in [6.45, 7) is 0.802. The predicted octanol–water partition coefficient (Wildman–Crippen LogP) is 1.83. The minimum atomic E-state index is -0.609. The second-order valence-corrected chi connectivity index (χ2v) is 3.33. The van der Waals surface area contributed by atoms with Crippen LogP contribution in [0.25, 0.3) is 0 Å². The lowest BCUT2D eigenvalue weighted by molar-refractivity contribution is 0.0958. The summed E-state index contributed by atoms with van der Waals surface area (Å²) in [5, 5.41) is 12.2. The summed E-state index contributed by atoms with van der Waals surface area (Å²) in [6.07, 6.45) is 0.655. The molecule has 0 bridgehead atoms. The second-order valence-electron chi connectivity index (χ2n) is 3.33. The van der Waals surface area contributed by atoms with Gasteiger partial charge in [0, 0.05) is 7.11 Å². The van der Waals surface area contributed by atoms with Crippen LogP contribution < -0.4 is 5.32 Å². The highest BCUT2D eigenvalue weighted by Crippen LogP contribution is 2.25. The molecule has 0 saturated carbocycles. The van der Waals surface area contributed by atoms with E-state index in [0.29, 0.717) is 0 Å².